The van der Waals surface area contributed by atoms with E-state index in [4.69, 9.17) is 4.74 Å². The number of rotatable bonds is 2. The van der Waals surface area contributed by atoms with E-state index in [1.165, 1.54) is 0 Å². The lowest BCUT2D eigenvalue weighted by molar-refractivity contribution is 0.0238. The van der Waals surface area contributed by atoms with Gasteiger partial charge >= 0.3 is 6.09 Å². The summed E-state index contributed by atoms with van der Waals surface area (Å²) >= 11 is 0. The summed E-state index contributed by atoms with van der Waals surface area (Å²) in [6, 6.07) is 0. The van der Waals surface area contributed by atoms with Gasteiger partial charge in [-0.15, -0.1) is 0 Å². The van der Waals surface area contributed by atoms with Crippen LogP contribution in [0, 0.1) is 0 Å². The smallest absolute Gasteiger partial charge is 0.410 e. The number of aromatic nitrogens is 2. The van der Waals surface area contributed by atoms with Crippen molar-refractivity contribution in [1.29, 1.82) is 0 Å². The Kier molecular flexibility index (Phi) is 4.33. The van der Waals surface area contributed by atoms with Crippen molar-refractivity contribution in [3.63, 3.8) is 0 Å². The number of imidazole rings is 1. The molecule has 0 spiro atoms. The molecule has 1 aromatic heterocycles. The summed E-state index contributed by atoms with van der Waals surface area (Å²) in [5, 5.41) is 0. The minimum Gasteiger partial charge on any atom is -0.444 e. The quantitative estimate of drug-likeness (QED) is 0.892. The number of amides is 1. The minimum atomic E-state index is -0.465. The molecule has 3 heterocycles. The first-order chi connectivity index (χ1) is 10.8. The second kappa shape index (κ2) is 6.13. The van der Waals surface area contributed by atoms with Gasteiger partial charge in [-0.25, -0.2) is 9.78 Å². The number of ether oxygens (including phenoxy) is 1. The number of likely N-dealkylation sites (N-methyl/N-ethyl adjacent to an activating group) is 1. The summed E-state index contributed by atoms with van der Waals surface area (Å²) in [4.78, 5) is 26.6. The zero-order valence-corrected chi connectivity index (χ0v) is 14.6. The molecule has 7 nitrogen and oxygen atoms in total. The highest BCUT2D eigenvalue weighted by molar-refractivity contribution is 5.68. The highest BCUT2D eigenvalue weighted by Gasteiger charge is 2.30. The molecule has 0 radical (unpaired) electrons. The topological polar surface area (TPSA) is 64.7 Å². The Bertz CT molecular complexity index is 546. The first kappa shape index (κ1) is 16.3. The third-order valence-corrected chi connectivity index (χ3v) is 4.22. The fourth-order valence-electron chi connectivity index (χ4n) is 2.94. The summed E-state index contributed by atoms with van der Waals surface area (Å²) < 4.78 is 5.42. The van der Waals surface area contributed by atoms with E-state index in [-0.39, 0.29) is 6.09 Å². The normalized spacial score (nSPS) is 19.9. The van der Waals surface area contributed by atoms with Gasteiger partial charge in [0.1, 0.15) is 11.4 Å². The molecule has 0 unspecified atom stereocenters. The molecule has 7 heteroatoms. The average molecular weight is 321 g/mol. The summed E-state index contributed by atoms with van der Waals surface area (Å²) in [5.74, 6) is 1.00. The molecule has 23 heavy (non-hydrogen) atoms. The van der Waals surface area contributed by atoms with Crippen LogP contribution in [0.1, 0.15) is 38.0 Å². The monoisotopic (exact) mass is 321 g/mol. The van der Waals surface area contributed by atoms with E-state index in [0.29, 0.717) is 13.1 Å². The van der Waals surface area contributed by atoms with Crippen molar-refractivity contribution in [2.75, 3.05) is 33.2 Å². The molecule has 2 aliphatic rings. The molecule has 1 fully saturated rings. The van der Waals surface area contributed by atoms with Gasteiger partial charge in [0, 0.05) is 26.2 Å². The lowest BCUT2D eigenvalue weighted by Crippen LogP contribution is -2.44. The van der Waals surface area contributed by atoms with E-state index in [2.05, 4.69) is 26.8 Å². The fourth-order valence-corrected chi connectivity index (χ4v) is 2.94. The van der Waals surface area contributed by atoms with E-state index < -0.39 is 5.60 Å². The van der Waals surface area contributed by atoms with E-state index in [1.54, 1.807) is 4.90 Å². The number of H-pyrrole nitrogens is 1. The second-order valence-corrected chi connectivity index (χ2v) is 7.52. The van der Waals surface area contributed by atoms with Crippen molar-refractivity contribution >= 4 is 6.09 Å². The Labute approximate surface area is 137 Å². The van der Waals surface area contributed by atoms with Gasteiger partial charge in [-0.3, -0.25) is 9.80 Å². The molecular formula is C16H27N5O2. The zero-order chi connectivity index (χ0) is 16.6. The molecule has 0 aliphatic carbocycles. The van der Waals surface area contributed by atoms with E-state index in [1.807, 2.05) is 20.8 Å². The summed E-state index contributed by atoms with van der Waals surface area (Å²) in [6.07, 6.45) is -0.274. The Morgan fingerprint density at radius 2 is 1.91 bits per heavy atom. The predicted molar refractivity (Wildman–Crippen MR) is 86.8 cm³/mol. The molecular weight excluding hydrogens is 294 g/mol. The number of carbonyl (C=O) groups is 1. The molecule has 0 saturated carbocycles. The average Bonchev–Trinajstić information content (AvgIpc) is 2.97. The molecule has 1 aromatic rings. The molecule has 1 amide bonds. The molecule has 0 bridgehead atoms. The lowest BCUT2D eigenvalue weighted by atomic mass is 10.2. The zero-order valence-electron chi connectivity index (χ0n) is 14.6. The molecule has 1 N–H and O–H groups in total. The maximum Gasteiger partial charge on any atom is 0.410 e. The molecule has 2 aliphatic heterocycles. The van der Waals surface area contributed by atoms with Crippen LogP contribution in [0.4, 0.5) is 4.79 Å². The first-order valence-electron chi connectivity index (χ1n) is 8.25. The van der Waals surface area contributed by atoms with Crippen LogP contribution in [0.25, 0.3) is 0 Å². The minimum absolute atomic E-state index is 0.274. The van der Waals surface area contributed by atoms with E-state index >= 15 is 0 Å². The van der Waals surface area contributed by atoms with Crippen LogP contribution in [0.2, 0.25) is 0 Å². The van der Waals surface area contributed by atoms with Gasteiger partial charge < -0.3 is 14.6 Å². The van der Waals surface area contributed by atoms with Crippen molar-refractivity contribution in [3.8, 4) is 0 Å². The molecule has 0 aromatic carbocycles. The number of hydrogen-bond acceptors (Lipinski definition) is 5. The maximum atomic E-state index is 12.1. The molecule has 1 saturated heterocycles. The summed E-state index contributed by atoms with van der Waals surface area (Å²) in [6.45, 7) is 11.9. The highest BCUT2D eigenvalue weighted by Crippen LogP contribution is 2.23. The van der Waals surface area contributed by atoms with Crippen molar-refractivity contribution in [2.45, 2.75) is 46.0 Å². The number of fused-ring (bicyclic) bond motifs is 1. The van der Waals surface area contributed by atoms with Crippen LogP contribution < -0.4 is 0 Å². The van der Waals surface area contributed by atoms with Crippen LogP contribution in [0.5, 0.6) is 0 Å². The lowest BCUT2D eigenvalue weighted by Gasteiger charge is -2.31. The van der Waals surface area contributed by atoms with Gasteiger partial charge in [-0.2, -0.15) is 0 Å². The largest absolute Gasteiger partial charge is 0.444 e. The maximum absolute atomic E-state index is 12.1. The van der Waals surface area contributed by atoms with E-state index in [9.17, 15) is 4.79 Å². The Morgan fingerprint density at radius 1 is 1.22 bits per heavy atom. The SMILES string of the molecule is CN1CCN(Cc2nc3c([nH]2)CN(C(=O)OC(C)(C)C)C3)CC1. The molecule has 128 valence electrons. The number of carbonyl (C=O) groups excluding carboxylic acids is 1. The Hall–Kier alpha value is -1.60. The predicted octanol–water partition coefficient (Wildman–Crippen LogP) is 1.41. The second-order valence-electron chi connectivity index (χ2n) is 7.52. The van der Waals surface area contributed by atoms with Gasteiger partial charge in [-0.05, 0) is 27.8 Å². The Balaban J connectivity index is 1.55. The van der Waals surface area contributed by atoms with Crippen LogP contribution in [-0.4, -0.2) is 69.6 Å². The number of aromatic amines is 1. The number of nitrogens with one attached hydrogen (secondary N) is 1. The van der Waals surface area contributed by atoms with Gasteiger partial charge in [0.05, 0.1) is 31.0 Å². The molecule has 3 rings (SSSR count). The molecule has 0 atom stereocenters. The van der Waals surface area contributed by atoms with Crippen LogP contribution in [-0.2, 0) is 24.4 Å². The van der Waals surface area contributed by atoms with Crippen molar-refractivity contribution in [2.24, 2.45) is 0 Å². The van der Waals surface area contributed by atoms with Crippen molar-refractivity contribution < 1.29 is 9.53 Å². The van der Waals surface area contributed by atoms with Gasteiger partial charge in [-0.1, -0.05) is 0 Å². The van der Waals surface area contributed by atoms with Crippen molar-refractivity contribution in [3.05, 3.63) is 17.2 Å². The first-order valence-corrected chi connectivity index (χ1v) is 8.25. The van der Waals surface area contributed by atoms with Gasteiger partial charge in [0.15, 0.2) is 0 Å². The van der Waals surface area contributed by atoms with Crippen molar-refractivity contribution in [1.82, 2.24) is 24.7 Å². The number of hydrogen-bond donors (Lipinski definition) is 1. The van der Waals surface area contributed by atoms with E-state index in [0.717, 1.165) is 49.9 Å². The summed E-state index contributed by atoms with van der Waals surface area (Å²) in [5.41, 5.74) is 1.55. The Morgan fingerprint density at radius 3 is 2.52 bits per heavy atom. The summed E-state index contributed by atoms with van der Waals surface area (Å²) in [7, 11) is 2.16. The fraction of sp³-hybridized carbons (Fsp3) is 0.750. The van der Waals surface area contributed by atoms with Crippen LogP contribution in [0.3, 0.4) is 0 Å². The van der Waals surface area contributed by atoms with Crippen LogP contribution >= 0.6 is 0 Å². The third kappa shape index (κ3) is 4.03. The van der Waals surface area contributed by atoms with Gasteiger partial charge in [0.2, 0.25) is 0 Å². The third-order valence-electron chi connectivity index (χ3n) is 4.22. The number of nitrogens with zero attached hydrogens (tertiary/aromatic N) is 4. The standard InChI is InChI=1S/C16H27N5O2/c1-16(2,3)23-15(22)21-9-12-13(10-21)18-14(17-12)11-20-7-5-19(4)6-8-20/h5-11H2,1-4H3,(H,17,18). The van der Waals surface area contributed by atoms with Crippen LogP contribution in [0.15, 0.2) is 0 Å². The number of piperazine rings is 1. The van der Waals surface area contributed by atoms with Gasteiger partial charge in [0.25, 0.3) is 0 Å². The highest BCUT2D eigenvalue weighted by atomic mass is 16.6.